The van der Waals surface area contributed by atoms with Gasteiger partial charge in [0, 0.05) is 53.7 Å². The van der Waals surface area contributed by atoms with E-state index < -0.39 is 11.8 Å². The fourth-order valence-corrected chi connectivity index (χ4v) is 6.47. The maximum absolute atomic E-state index is 13.3. The Hall–Kier alpha value is -4.91. The average molecular weight is 970 g/mol. The third-order valence-electron chi connectivity index (χ3n) is 9.89. The van der Waals surface area contributed by atoms with Gasteiger partial charge in [0.1, 0.15) is 12.4 Å². The van der Waals surface area contributed by atoms with Crippen molar-refractivity contribution in [1.82, 2.24) is 15.4 Å². The average Bonchev–Trinajstić information content (AvgIpc) is 3.67. The van der Waals surface area contributed by atoms with Crippen molar-refractivity contribution in [2.45, 2.75) is 6.54 Å². The zero-order valence-corrected chi connectivity index (χ0v) is 40.1. The molecule has 0 saturated carbocycles. The van der Waals surface area contributed by atoms with Crippen molar-refractivity contribution < 1.29 is 71.2 Å². The highest BCUT2D eigenvalue weighted by molar-refractivity contribution is 6.10. The minimum absolute atomic E-state index is 0.134. The highest BCUT2D eigenvalue weighted by Crippen LogP contribution is 2.31. The van der Waals surface area contributed by atoms with Crippen molar-refractivity contribution in [3.63, 3.8) is 0 Å². The maximum atomic E-state index is 13.3. The molecule has 20 nitrogen and oxygen atoms in total. The summed E-state index contributed by atoms with van der Waals surface area (Å²) in [5, 5.41) is 6.28. The maximum Gasteiger partial charge on any atom is 0.271 e. The number of hydrogen-bond acceptors (Lipinski definition) is 17. The lowest BCUT2D eigenvalue weighted by Gasteiger charge is -2.11. The summed E-state index contributed by atoms with van der Waals surface area (Å²) >= 11 is 0. The SMILES string of the molecule is C=Cc1ccc2c(c1)c1cc(/C=N/NC(=O)c3cc(OCCOCCOCCOCCOCCOCCOC)cc(C(=O)NN)c3)ccc1n2CCOCCOCCOCCOCCOCCOC. The first-order chi connectivity index (χ1) is 34.0. The van der Waals surface area contributed by atoms with E-state index in [1.54, 1.807) is 20.4 Å². The quantitative estimate of drug-likeness (QED) is 0.0190. The van der Waals surface area contributed by atoms with Gasteiger partial charge in [0.15, 0.2) is 0 Å². The van der Waals surface area contributed by atoms with Gasteiger partial charge in [-0.2, -0.15) is 5.10 Å². The molecule has 0 aliphatic carbocycles. The van der Waals surface area contributed by atoms with Gasteiger partial charge >= 0.3 is 0 Å². The number of ether oxygens (including phenoxy) is 13. The number of nitrogens with zero attached hydrogens (tertiary/aromatic N) is 2. The summed E-state index contributed by atoms with van der Waals surface area (Å²) in [7, 11) is 3.27. The van der Waals surface area contributed by atoms with Crippen molar-refractivity contribution in [3.05, 3.63) is 83.4 Å². The van der Waals surface area contributed by atoms with Crippen LogP contribution in [-0.4, -0.2) is 189 Å². The Balaban J connectivity index is 1.18. The molecule has 0 fully saturated rings. The van der Waals surface area contributed by atoms with E-state index in [-0.39, 0.29) is 30.1 Å². The number of benzene rings is 3. The number of carbonyl (C=O) groups is 2. The van der Waals surface area contributed by atoms with E-state index in [0.29, 0.717) is 145 Å². The number of aromatic nitrogens is 1. The zero-order chi connectivity index (χ0) is 49.0. The first-order valence-electron chi connectivity index (χ1n) is 23.0. The Kier molecular flexibility index (Phi) is 29.6. The standard InChI is InChI=1S/C49H71N5O15/c1-4-39-5-7-46-44(33-39)45-34-40(6-8-47(45)54(46)9-10-59-15-16-62-21-22-65-25-23-63-19-17-60-13-11-57-2)38-51-53-49(56)42-35-41(48(55)52-50)36-43(37-42)69-32-31-68-30-29-67-28-27-66-26-24-64-20-18-61-14-12-58-3/h4-8,33-38H,1,9-32,50H2,2-3H3,(H,52,55)(H,53,56)/b51-38+. The molecular weight excluding hydrogens is 899 g/mol. The molecule has 0 saturated heterocycles. The van der Waals surface area contributed by atoms with Gasteiger partial charge in [-0.25, -0.2) is 11.3 Å². The Morgan fingerprint density at radius 3 is 1.35 bits per heavy atom. The number of nitrogen functional groups attached to an aromatic ring is 1. The fraction of sp³-hybridized carbons (Fsp3) is 0.531. The highest BCUT2D eigenvalue weighted by Gasteiger charge is 2.15. The Bertz CT molecular complexity index is 2080. The molecule has 0 aliphatic heterocycles. The number of fused-ring (bicyclic) bond motifs is 3. The van der Waals surface area contributed by atoms with Crippen LogP contribution in [0.5, 0.6) is 5.75 Å². The number of hydrazone groups is 1. The van der Waals surface area contributed by atoms with Crippen LogP contribution in [0, 0.1) is 0 Å². The molecule has 0 unspecified atom stereocenters. The van der Waals surface area contributed by atoms with E-state index in [2.05, 4.69) is 39.2 Å². The van der Waals surface area contributed by atoms with Crippen LogP contribution in [0.3, 0.4) is 0 Å². The summed E-state index contributed by atoms with van der Waals surface area (Å²) < 4.78 is 73.2. The molecule has 69 heavy (non-hydrogen) atoms. The third kappa shape index (κ3) is 22.6. The predicted octanol–water partition coefficient (Wildman–Crippen LogP) is 3.64. The normalized spacial score (nSPS) is 11.6. The van der Waals surface area contributed by atoms with Crippen LogP contribution in [0.15, 0.2) is 66.3 Å². The van der Waals surface area contributed by atoms with Gasteiger partial charge in [0.25, 0.3) is 11.8 Å². The largest absolute Gasteiger partial charge is 0.491 e. The Morgan fingerprint density at radius 2 is 0.913 bits per heavy atom. The zero-order valence-electron chi connectivity index (χ0n) is 40.1. The molecule has 20 heteroatoms. The number of hydrogen-bond donors (Lipinski definition) is 3. The van der Waals surface area contributed by atoms with Crippen LogP contribution in [0.1, 0.15) is 31.8 Å². The number of nitrogens with one attached hydrogen (secondary N) is 2. The molecular formula is C49H71N5O15. The van der Waals surface area contributed by atoms with Crippen molar-refractivity contribution in [3.8, 4) is 5.75 Å². The van der Waals surface area contributed by atoms with E-state index >= 15 is 0 Å². The molecule has 3 aromatic carbocycles. The van der Waals surface area contributed by atoms with E-state index in [9.17, 15) is 9.59 Å². The lowest BCUT2D eigenvalue weighted by molar-refractivity contribution is -0.0159. The van der Waals surface area contributed by atoms with Crippen LogP contribution >= 0.6 is 0 Å². The van der Waals surface area contributed by atoms with Crippen LogP contribution in [0.25, 0.3) is 27.9 Å². The molecule has 0 spiro atoms. The third-order valence-corrected chi connectivity index (χ3v) is 9.89. The van der Waals surface area contributed by atoms with Crippen LogP contribution < -0.4 is 21.4 Å². The fourth-order valence-electron chi connectivity index (χ4n) is 6.47. The Labute approximate surface area is 404 Å². The van der Waals surface area contributed by atoms with Crippen LogP contribution in [-0.2, 0) is 63.4 Å². The summed E-state index contributed by atoms with van der Waals surface area (Å²) in [6.07, 6.45) is 3.37. The van der Waals surface area contributed by atoms with E-state index in [1.165, 1.54) is 18.2 Å². The van der Waals surface area contributed by atoms with Crippen LogP contribution in [0.2, 0.25) is 0 Å². The second-order valence-electron chi connectivity index (χ2n) is 14.8. The predicted molar refractivity (Wildman–Crippen MR) is 260 cm³/mol. The number of nitrogens with two attached hydrogens (primary N) is 1. The van der Waals surface area contributed by atoms with Gasteiger partial charge < -0.3 is 66.1 Å². The molecule has 4 N–H and O–H groups in total. The lowest BCUT2D eigenvalue weighted by atomic mass is 10.1. The molecule has 1 aromatic heterocycles. The Morgan fingerprint density at radius 1 is 0.522 bits per heavy atom. The molecule has 382 valence electrons. The van der Waals surface area contributed by atoms with Crippen molar-refractivity contribution in [2.75, 3.05) is 166 Å². The monoisotopic (exact) mass is 969 g/mol. The molecule has 4 rings (SSSR count). The molecule has 0 atom stereocenters. The van der Waals surface area contributed by atoms with Gasteiger partial charge in [0.2, 0.25) is 0 Å². The van der Waals surface area contributed by atoms with E-state index in [0.717, 1.165) is 32.9 Å². The molecule has 2 amide bonds. The van der Waals surface area contributed by atoms with Gasteiger partial charge in [-0.15, -0.1) is 0 Å². The first-order valence-corrected chi connectivity index (χ1v) is 23.0. The molecule has 4 aromatic rings. The molecule has 0 radical (unpaired) electrons. The van der Waals surface area contributed by atoms with Gasteiger partial charge in [-0.3, -0.25) is 15.0 Å². The molecule has 0 bridgehead atoms. The van der Waals surface area contributed by atoms with Gasteiger partial charge in [-0.1, -0.05) is 24.8 Å². The van der Waals surface area contributed by atoms with Crippen molar-refractivity contribution in [1.29, 1.82) is 0 Å². The topological polar surface area (TPSA) is 221 Å². The number of amides is 2. The minimum atomic E-state index is -0.592. The number of carbonyl (C=O) groups excluding carboxylic acids is 2. The second kappa shape index (κ2) is 36.1. The van der Waals surface area contributed by atoms with Crippen molar-refractivity contribution in [2.24, 2.45) is 10.9 Å². The minimum Gasteiger partial charge on any atom is -0.491 e. The second-order valence-corrected chi connectivity index (χ2v) is 14.8. The first kappa shape index (κ1) is 56.7. The summed E-state index contributed by atoms with van der Waals surface area (Å²) in [6.45, 7) is 15.1. The smallest absolute Gasteiger partial charge is 0.271 e. The molecule has 0 aliphatic rings. The van der Waals surface area contributed by atoms with Gasteiger partial charge in [0.05, 0.1) is 152 Å². The van der Waals surface area contributed by atoms with E-state index in [1.807, 2.05) is 30.3 Å². The summed E-state index contributed by atoms with van der Waals surface area (Å²) in [5.74, 6) is 4.53. The van der Waals surface area contributed by atoms with E-state index in [4.69, 9.17) is 67.4 Å². The van der Waals surface area contributed by atoms with Crippen LogP contribution in [0.4, 0.5) is 0 Å². The summed E-state index contributed by atoms with van der Waals surface area (Å²) in [6, 6.07) is 16.6. The summed E-state index contributed by atoms with van der Waals surface area (Å²) in [5.41, 5.74) is 8.73. The highest BCUT2D eigenvalue weighted by atomic mass is 16.6. The van der Waals surface area contributed by atoms with Gasteiger partial charge in [-0.05, 0) is 53.6 Å². The summed E-state index contributed by atoms with van der Waals surface area (Å²) in [4.78, 5) is 25.8. The number of methoxy groups -OCH3 is 2. The molecule has 1 heterocycles. The number of rotatable bonds is 42. The number of hydrazine groups is 1. The van der Waals surface area contributed by atoms with Crippen molar-refractivity contribution >= 4 is 45.9 Å². The lowest BCUT2D eigenvalue weighted by Crippen LogP contribution is -2.30.